The maximum absolute atomic E-state index is 15.7. The van der Waals surface area contributed by atoms with Crippen molar-refractivity contribution < 1.29 is 38.6 Å². The molecule has 65 heavy (non-hydrogen) atoms. The molecule has 0 aliphatic rings. The summed E-state index contributed by atoms with van der Waals surface area (Å²) >= 11 is 0. The van der Waals surface area contributed by atoms with Crippen molar-refractivity contribution in [3.05, 3.63) is 206 Å². The summed E-state index contributed by atoms with van der Waals surface area (Å²) in [7, 11) is -8.46. The Kier molecular flexibility index (Phi) is 13.7. The third-order valence-corrected chi connectivity index (χ3v) is 15.6. The van der Waals surface area contributed by atoms with E-state index in [0.29, 0.717) is 45.5 Å². The number of aromatic hydroxyl groups is 4. The van der Waals surface area contributed by atoms with Gasteiger partial charge in [0.05, 0.1) is 22.7 Å². The van der Waals surface area contributed by atoms with Gasteiger partial charge in [0.25, 0.3) is 0 Å². The Bertz CT molecular complexity index is 2470. The van der Waals surface area contributed by atoms with E-state index in [1.807, 2.05) is 24.3 Å². The highest BCUT2D eigenvalue weighted by Gasteiger charge is 2.45. The molecule has 0 radical (unpaired) electrons. The minimum atomic E-state index is -4.23. The highest BCUT2D eigenvalue weighted by Crippen LogP contribution is 2.62. The van der Waals surface area contributed by atoms with Gasteiger partial charge < -0.3 is 29.5 Å². The molecule has 0 aromatic heterocycles. The second-order valence-corrected chi connectivity index (χ2v) is 20.0. The molecule has 0 aliphatic carbocycles. The van der Waals surface area contributed by atoms with E-state index in [2.05, 4.69) is 40.2 Å². The van der Waals surface area contributed by atoms with Crippen LogP contribution in [-0.2, 0) is 14.5 Å². The molecule has 6 aromatic rings. The van der Waals surface area contributed by atoms with Crippen LogP contribution in [0, 0.1) is 0 Å². The quantitative estimate of drug-likeness (QED) is 0.0609. The lowest BCUT2D eigenvalue weighted by molar-refractivity contribution is 0.472. The van der Waals surface area contributed by atoms with Gasteiger partial charge in [-0.3, -0.25) is 0 Å². The normalized spacial score (nSPS) is 11.5. The van der Waals surface area contributed by atoms with E-state index in [4.69, 9.17) is 9.05 Å². The number of allylic oxidation sites excluding steroid dienone is 4. The monoisotopic (exact) mass is 912 g/mol. The molecule has 6 rings (SSSR count). The van der Waals surface area contributed by atoms with Gasteiger partial charge in [0.1, 0.15) is 34.5 Å². The summed E-state index contributed by atoms with van der Waals surface area (Å²) < 4.78 is 50.5. The molecule has 0 spiro atoms. The molecule has 0 aliphatic heterocycles. The molecule has 0 amide bonds. The van der Waals surface area contributed by atoms with Crippen LogP contribution >= 0.6 is 15.3 Å². The van der Waals surface area contributed by atoms with Gasteiger partial charge in [0.2, 0.25) is 0 Å². The molecule has 0 unspecified atom stereocenters. The number of anilines is 4. The summed E-state index contributed by atoms with van der Waals surface area (Å²) in [5.41, 5.74) is 4.57. The molecule has 0 atom stereocenters. The second kappa shape index (κ2) is 18.8. The zero-order valence-corrected chi connectivity index (χ0v) is 39.1. The van der Waals surface area contributed by atoms with Gasteiger partial charge in [-0.25, -0.2) is 27.8 Å². The van der Waals surface area contributed by atoms with Crippen LogP contribution in [0.2, 0.25) is 0 Å². The standard InChI is InChI=1S/C51H54N4O8P2/c1-35(2)52(41-15-23-45(56)24-16-41)64(60,53(36(3)4)42-17-25-46(57)26-18-42)62-49-31-11-39(12-32-49)51(9,10)40-13-33-50(34-14-40)63-65(61,54(37(5)6)43-19-27-47(58)28-20-43)55(38(7)8)44-21-29-48(59)30-22-44/h11-34,56-59H,1,3,5,7H2,2,4,6,8-10H3. The van der Waals surface area contributed by atoms with Crippen molar-refractivity contribution in [2.45, 2.75) is 47.0 Å². The number of phenolic OH excluding ortho intramolecular Hbond substituents is 4. The van der Waals surface area contributed by atoms with E-state index in [-0.39, 0.29) is 34.5 Å². The predicted octanol–water partition coefficient (Wildman–Crippen LogP) is 14.0. The topological polar surface area (TPSA) is 146 Å². The molecule has 12 nitrogen and oxygen atoms in total. The van der Waals surface area contributed by atoms with Gasteiger partial charge in [-0.1, -0.05) is 64.4 Å². The van der Waals surface area contributed by atoms with E-state index in [0.717, 1.165) is 11.1 Å². The third kappa shape index (κ3) is 9.95. The minimum absolute atomic E-state index is 0.0295. The number of phenols is 4. The van der Waals surface area contributed by atoms with Crippen molar-refractivity contribution in [3.8, 4) is 34.5 Å². The lowest BCUT2D eigenvalue weighted by atomic mass is 9.78. The van der Waals surface area contributed by atoms with Crippen molar-refractivity contribution in [1.29, 1.82) is 0 Å². The van der Waals surface area contributed by atoms with Crippen LogP contribution in [0.5, 0.6) is 34.5 Å². The molecule has 336 valence electrons. The Balaban J connectivity index is 1.35. The first-order valence-electron chi connectivity index (χ1n) is 20.5. The van der Waals surface area contributed by atoms with Crippen LogP contribution in [0.4, 0.5) is 22.7 Å². The SMILES string of the molecule is C=C(C)N(c1ccc(O)cc1)P(=O)(Oc1ccc(C(C)(C)c2ccc(OP(=O)(N(C(=C)C)c3ccc(O)cc3)N(C(=C)C)c3ccc(O)cc3)cc2)cc1)N(C(=C)C)c1ccc(O)cc1. The van der Waals surface area contributed by atoms with Crippen LogP contribution in [0.15, 0.2) is 195 Å². The molecule has 14 heteroatoms. The van der Waals surface area contributed by atoms with Gasteiger partial charge >= 0.3 is 15.3 Å². The number of benzene rings is 6. The van der Waals surface area contributed by atoms with E-state index in [1.54, 1.807) is 100 Å². The number of hydrogen-bond acceptors (Lipinski definition) is 8. The second-order valence-electron chi connectivity index (χ2n) is 16.1. The number of nitrogens with zero attached hydrogens (tertiary/aromatic N) is 4. The van der Waals surface area contributed by atoms with Crippen molar-refractivity contribution >= 4 is 38.1 Å². The summed E-state index contributed by atoms with van der Waals surface area (Å²) in [6.45, 7) is 27.5. The van der Waals surface area contributed by atoms with Crippen molar-refractivity contribution in [3.63, 3.8) is 0 Å². The maximum atomic E-state index is 15.7. The highest BCUT2D eigenvalue weighted by molar-refractivity contribution is 7.63. The molecule has 4 N–H and O–H groups in total. The van der Waals surface area contributed by atoms with E-state index in [1.165, 1.54) is 67.2 Å². The molecule has 6 aromatic carbocycles. The van der Waals surface area contributed by atoms with Crippen LogP contribution in [0.1, 0.15) is 52.7 Å². The summed E-state index contributed by atoms with van der Waals surface area (Å²) in [6.07, 6.45) is 0. The Labute approximate surface area is 381 Å². The summed E-state index contributed by atoms with van der Waals surface area (Å²) in [5.74, 6) is 0.690. The molecular formula is C51H54N4O8P2. The summed E-state index contributed by atoms with van der Waals surface area (Å²) in [4.78, 5) is 0. The first kappa shape index (κ1) is 47.2. The van der Waals surface area contributed by atoms with Crippen LogP contribution in [0.25, 0.3) is 0 Å². The fourth-order valence-corrected chi connectivity index (χ4v) is 12.3. The zero-order chi connectivity index (χ0) is 47.4. The van der Waals surface area contributed by atoms with Crippen LogP contribution < -0.4 is 27.7 Å². The Hall–Kier alpha value is -7.26. The number of rotatable bonds is 18. The van der Waals surface area contributed by atoms with E-state index in [9.17, 15) is 20.4 Å². The first-order valence-corrected chi connectivity index (χ1v) is 23.5. The fourth-order valence-electron chi connectivity index (χ4n) is 7.35. The lowest BCUT2D eigenvalue weighted by Gasteiger charge is -2.40. The predicted molar refractivity (Wildman–Crippen MR) is 263 cm³/mol. The van der Waals surface area contributed by atoms with Gasteiger partial charge in [-0.05, 0) is 160 Å². The van der Waals surface area contributed by atoms with Gasteiger partial charge in [-0.15, -0.1) is 0 Å². The van der Waals surface area contributed by atoms with Crippen molar-refractivity contribution in [1.82, 2.24) is 0 Å². The summed E-state index contributed by atoms with van der Waals surface area (Å²) in [6, 6.07) is 39.3. The minimum Gasteiger partial charge on any atom is -0.508 e. The summed E-state index contributed by atoms with van der Waals surface area (Å²) in [5, 5.41) is 40.4. The molecular weight excluding hydrogens is 859 g/mol. The average Bonchev–Trinajstić information content (AvgIpc) is 3.24. The van der Waals surface area contributed by atoms with Crippen molar-refractivity contribution in [2.75, 3.05) is 18.7 Å². The smallest absolute Gasteiger partial charge is 0.457 e. The zero-order valence-electron chi connectivity index (χ0n) is 37.3. The fraction of sp³-hybridized carbons (Fsp3) is 0.137. The van der Waals surface area contributed by atoms with Crippen LogP contribution in [0.3, 0.4) is 0 Å². The van der Waals surface area contributed by atoms with Gasteiger partial charge in [0.15, 0.2) is 0 Å². The highest BCUT2D eigenvalue weighted by atomic mass is 31.2. The average molecular weight is 913 g/mol. The first-order chi connectivity index (χ1) is 30.6. The maximum Gasteiger partial charge on any atom is 0.457 e. The largest absolute Gasteiger partial charge is 0.508 e. The molecule has 0 fully saturated rings. The molecule has 0 heterocycles. The Morgan fingerprint density at radius 1 is 0.400 bits per heavy atom. The molecule has 0 saturated carbocycles. The lowest BCUT2D eigenvalue weighted by Crippen LogP contribution is -2.32. The van der Waals surface area contributed by atoms with Crippen LogP contribution in [-0.4, -0.2) is 20.4 Å². The van der Waals surface area contributed by atoms with Gasteiger partial charge in [0, 0.05) is 28.2 Å². The molecule has 0 saturated heterocycles. The van der Waals surface area contributed by atoms with E-state index < -0.39 is 20.8 Å². The van der Waals surface area contributed by atoms with Gasteiger partial charge in [-0.2, -0.15) is 0 Å². The van der Waals surface area contributed by atoms with E-state index >= 15 is 9.13 Å². The Morgan fingerprint density at radius 2 is 0.600 bits per heavy atom. The number of hydrogen-bond donors (Lipinski definition) is 4. The third-order valence-electron chi connectivity index (χ3n) is 10.4. The molecule has 0 bridgehead atoms. The van der Waals surface area contributed by atoms with Crippen molar-refractivity contribution in [2.24, 2.45) is 0 Å². The Morgan fingerprint density at radius 3 is 0.785 bits per heavy atom.